The van der Waals surface area contributed by atoms with Crippen molar-refractivity contribution in [1.82, 2.24) is 0 Å². The predicted molar refractivity (Wildman–Crippen MR) is 85.2 cm³/mol. The first-order valence-electron chi connectivity index (χ1n) is 7.17. The van der Waals surface area contributed by atoms with Crippen LogP contribution in [0.4, 0.5) is 5.69 Å². The van der Waals surface area contributed by atoms with Gasteiger partial charge >= 0.3 is 5.97 Å². The Morgan fingerprint density at radius 2 is 2.38 bits per heavy atom. The number of carboxylic acids is 1. The van der Waals surface area contributed by atoms with Gasteiger partial charge in [0.05, 0.1) is 11.3 Å². The number of piperidine rings is 1. The summed E-state index contributed by atoms with van der Waals surface area (Å²) < 4.78 is 0.956. The fourth-order valence-electron chi connectivity index (χ4n) is 3.00. The van der Waals surface area contributed by atoms with Crippen LogP contribution in [0.3, 0.4) is 0 Å². The van der Waals surface area contributed by atoms with Crippen molar-refractivity contribution in [2.45, 2.75) is 26.2 Å². The second-order valence-electron chi connectivity index (χ2n) is 5.70. The van der Waals surface area contributed by atoms with E-state index in [4.69, 9.17) is 5.11 Å². The van der Waals surface area contributed by atoms with E-state index in [0.717, 1.165) is 36.1 Å². The minimum Gasteiger partial charge on any atom is -0.481 e. The highest BCUT2D eigenvalue weighted by Gasteiger charge is 2.27. The van der Waals surface area contributed by atoms with E-state index < -0.39 is 5.97 Å². The average molecular weight is 351 g/mol. The monoisotopic (exact) mass is 350 g/mol. The molecular formula is C16H19BrN2O2. The average Bonchev–Trinajstić information content (AvgIpc) is 2.46. The molecule has 1 aliphatic rings. The number of hydrogen-bond acceptors (Lipinski definition) is 3. The highest BCUT2D eigenvalue weighted by atomic mass is 79.9. The van der Waals surface area contributed by atoms with Crippen molar-refractivity contribution in [3.8, 4) is 6.07 Å². The second kappa shape index (κ2) is 6.95. The first kappa shape index (κ1) is 15.8. The van der Waals surface area contributed by atoms with E-state index in [0.29, 0.717) is 11.5 Å². The van der Waals surface area contributed by atoms with Gasteiger partial charge < -0.3 is 10.0 Å². The zero-order valence-electron chi connectivity index (χ0n) is 12.1. The van der Waals surface area contributed by atoms with Crippen LogP contribution in [0, 0.1) is 23.2 Å². The SMILES string of the molecule is CC(CC(=O)O)C1CCCN(c2cc(Br)ccc2C#N)C1. The Kier molecular flexibility index (Phi) is 5.24. The fourth-order valence-corrected chi connectivity index (χ4v) is 3.35. The van der Waals surface area contributed by atoms with E-state index in [2.05, 4.69) is 26.9 Å². The van der Waals surface area contributed by atoms with Crippen molar-refractivity contribution in [2.24, 2.45) is 11.8 Å². The maximum absolute atomic E-state index is 10.9. The predicted octanol–water partition coefficient (Wildman–Crippen LogP) is 3.65. The van der Waals surface area contributed by atoms with E-state index in [-0.39, 0.29) is 12.3 Å². The molecule has 2 unspecified atom stereocenters. The van der Waals surface area contributed by atoms with E-state index in [9.17, 15) is 10.1 Å². The zero-order valence-corrected chi connectivity index (χ0v) is 13.6. The van der Waals surface area contributed by atoms with Gasteiger partial charge in [-0.1, -0.05) is 22.9 Å². The number of aliphatic carboxylic acids is 1. The topological polar surface area (TPSA) is 64.3 Å². The van der Waals surface area contributed by atoms with Gasteiger partial charge in [-0.15, -0.1) is 0 Å². The van der Waals surface area contributed by atoms with Gasteiger partial charge in [-0.2, -0.15) is 5.26 Å². The van der Waals surface area contributed by atoms with Crippen LogP contribution in [0.25, 0.3) is 0 Å². The molecule has 1 fully saturated rings. The van der Waals surface area contributed by atoms with Crippen LogP contribution in [0.2, 0.25) is 0 Å². The Balaban J connectivity index is 2.16. The number of hydrogen-bond donors (Lipinski definition) is 1. The largest absolute Gasteiger partial charge is 0.481 e. The maximum atomic E-state index is 10.9. The quantitative estimate of drug-likeness (QED) is 0.899. The third-order valence-corrected chi connectivity index (χ3v) is 4.67. The van der Waals surface area contributed by atoms with Crippen molar-refractivity contribution in [3.63, 3.8) is 0 Å². The van der Waals surface area contributed by atoms with Crippen LogP contribution in [0.15, 0.2) is 22.7 Å². The minimum absolute atomic E-state index is 0.156. The third-order valence-electron chi connectivity index (χ3n) is 4.18. The maximum Gasteiger partial charge on any atom is 0.303 e. The molecule has 1 aromatic carbocycles. The van der Waals surface area contributed by atoms with Gasteiger partial charge in [-0.25, -0.2) is 0 Å². The molecule has 0 saturated carbocycles. The molecular weight excluding hydrogens is 332 g/mol. The number of carboxylic acid groups (broad SMARTS) is 1. The lowest BCUT2D eigenvalue weighted by molar-refractivity contribution is -0.138. The second-order valence-corrected chi connectivity index (χ2v) is 6.61. The molecule has 0 spiro atoms. The molecule has 0 radical (unpaired) electrons. The number of nitriles is 1. The van der Waals surface area contributed by atoms with Crippen LogP contribution in [0.5, 0.6) is 0 Å². The van der Waals surface area contributed by atoms with Crippen LogP contribution in [0.1, 0.15) is 31.7 Å². The first-order chi connectivity index (χ1) is 10.0. The number of benzene rings is 1. The summed E-state index contributed by atoms with van der Waals surface area (Å²) in [5.41, 5.74) is 1.61. The third kappa shape index (κ3) is 3.98. The van der Waals surface area contributed by atoms with E-state index in [1.54, 1.807) is 0 Å². The highest BCUT2D eigenvalue weighted by Crippen LogP contribution is 2.32. The summed E-state index contributed by atoms with van der Waals surface area (Å²) in [6.07, 6.45) is 2.30. The van der Waals surface area contributed by atoms with Crippen molar-refractivity contribution < 1.29 is 9.90 Å². The number of nitrogens with zero attached hydrogens (tertiary/aromatic N) is 2. The summed E-state index contributed by atoms with van der Waals surface area (Å²) in [4.78, 5) is 13.1. The Labute approximate surface area is 133 Å². The molecule has 1 aliphatic heterocycles. The Morgan fingerprint density at radius 3 is 3.05 bits per heavy atom. The summed E-state index contributed by atoms with van der Waals surface area (Å²) in [5, 5.41) is 18.2. The number of anilines is 1. The number of rotatable bonds is 4. The molecule has 0 aliphatic carbocycles. The van der Waals surface area contributed by atoms with Gasteiger partial charge in [0.1, 0.15) is 6.07 Å². The molecule has 1 N–H and O–H groups in total. The standard InChI is InChI=1S/C16H19BrN2O2/c1-11(7-16(20)21)13-3-2-6-19(10-13)15-8-14(17)5-4-12(15)9-18/h4-5,8,11,13H,2-3,6-7,10H2,1H3,(H,20,21). The zero-order chi connectivity index (χ0) is 15.4. The summed E-state index contributed by atoms with van der Waals surface area (Å²) >= 11 is 3.46. The lowest BCUT2D eigenvalue weighted by atomic mass is 9.84. The number of halogens is 1. The van der Waals surface area contributed by atoms with Crippen molar-refractivity contribution >= 4 is 27.6 Å². The normalized spacial score (nSPS) is 19.9. The lowest BCUT2D eigenvalue weighted by Crippen LogP contribution is -2.38. The minimum atomic E-state index is -0.736. The van der Waals surface area contributed by atoms with Crippen LogP contribution >= 0.6 is 15.9 Å². The molecule has 21 heavy (non-hydrogen) atoms. The first-order valence-corrected chi connectivity index (χ1v) is 7.97. The molecule has 0 bridgehead atoms. The van der Waals surface area contributed by atoms with E-state index >= 15 is 0 Å². The van der Waals surface area contributed by atoms with Gasteiger partial charge in [0, 0.05) is 24.0 Å². The molecule has 2 atom stereocenters. The van der Waals surface area contributed by atoms with Crippen LogP contribution in [-0.4, -0.2) is 24.2 Å². The Bertz CT molecular complexity index is 568. The van der Waals surface area contributed by atoms with Crippen molar-refractivity contribution in [2.75, 3.05) is 18.0 Å². The molecule has 2 rings (SSSR count). The molecule has 1 saturated heterocycles. The summed E-state index contributed by atoms with van der Waals surface area (Å²) in [6, 6.07) is 7.91. The molecule has 112 valence electrons. The van der Waals surface area contributed by atoms with Crippen molar-refractivity contribution in [1.29, 1.82) is 5.26 Å². The Morgan fingerprint density at radius 1 is 1.62 bits per heavy atom. The van der Waals surface area contributed by atoms with Crippen molar-refractivity contribution in [3.05, 3.63) is 28.2 Å². The molecule has 4 nitrogen and oxygen atoms in total. The van der Waals surface area contributed by atoms with Gasteiger partial charge in [0.15, 0.2) is 0 Å². The molecule has 1 aromatic rings. The highest BCUT2D eigenvalue weighted by molar-refractivity contribution is 9.10. The van der Waals surface area contributed by atoms with E-state index in [1.165, 1.54) is 0 Å². The smallest absolute Gasteiger partial charge is 0.303 e. The van der Waals surface area contributed by atoms with Gasteiger partial charge in [0.25, 0.3) is 0 Å². The molecule has 0 aromatic heterocycles. The van der Waals surface area contributed by atoms with Gasteiger partial charge in [-0.05, 0) is 42.9 Å². The molecule has 0 amide bonds. The lowest BCUT2D eigenvalue weighted by Gasteiger charge is -2.37. The van der Waals surface area contributed by atoms with Gasteiger partial charge in [0.2, 0.25) is 0 Å². The summed E-state index contributed by atoms with van der Waals surface area (Å²) in [6.45, 7) is 3.75. The summed E-state index contributed by atoms with van der Waals surface area (Å²) in [5.74, 6) is -0.219. The molecule has 5 heteroatoms. The summed E-state index contributed by atoms with van der Waals surface area (Å²) in [7, 11) is 0. The number of carbonyl (C=O) groups is 1. The van der Waals surface area contributed by atoms with Gasteiger partial charge in [-0.3, -0.25) is 4.79 Å². The van der Waals surface area contributed by atoms with Crippen LogP contribution in [-0.2, 0) is 4.79 Å². The fraction of sp³-hybridized carbons (Fsp3) is 0.500. The van der Waals surface area contributed by atoms with E-state index in [1.807, 2.05) is 25.1 Å². The van der Waals surface area contributed by atoms with Crippen LogP contribution < -0.4 is 4.90 Å². The Hall–Kier alpha value is -1.54. The molecule has 1 heterocycles.